The highest BCUT2D eigenvalue weighted by molar-refractivity contribution is 5.38. The molecule has 1 heterocycles. The molecular formula is C17H22N2O. The molecule has 0 aliphatic heterocycles. The number of aromatic nitrogens is 1. The Balaban J connectivity index is 2.30. The van der Waals surface area contributed by atoms with Crippen molar-refractivity contribution in [2.75, 3.05) is 7.05 Å². The molecular weight excluding hydrogens is 248 g/mol. The number of pyridine rings is 1. The van der Waals surface area contributed by atoms with Gasteiger partial charge in [0, 0.05) is 18.3 Å². The van der Waals surface area contributed by atoms with Gasteiger partial charge in [-0.1, -0.05) is 32.0 Å². The van der Waals surface area contributed by atoms with Crippen LogP contribution in [0.2, 0.25) is 0 Å². The summed E-state index contributed by atoms with van der Waals surface area (Å²) in [7, 11) is 1.93. The summed E-state index contributed by atoms with van der Waals surface area (Å²) in [5.74, 6) is 1.96. The third-order valence-electron chi connectivity index (χ3n) is 3.13. The van der Waals surface area contributed by atoms with E-state index in [4.69, 9.17) is 4.74 Å². The molecule has 1 aromatic heterocycles. The Morgan fingerprint density at radius 3 is 2.65 bits per heavy atom. The van der Waals surface area contributed by atoms with Gasteiger partial charge in [0.25, 0.3) is 0 Å². The lowest BCUT2D eigenvalue weighted by Crippen LogP contribution is -2.06. The Hall–Kier alpha value is -1.87. The first-order valence-electron chi connectivity index (χ1n) is 6.99. The summed E-state index contributed by atoms with van der Waals surface area (Å²) in [6, 6.07) is 12.2. The van der Waals surface area contributed by atoms with Gasteiger partial charge in [-0.25, -0.2) is 4.98 Å². The van der Waals surface area contributed by atoms with Gasteiger partial charge in [0.15, 0.2) is 0 Å². The van der Waals surface area contributed by atoms with Gasteiger partial charge in [0.2, 0.25) is 5.88 Å². The number of rotatable bonds is 5. The molecule has 0 spiro atoms. The van der Waals surface area contributed by atoms with Crippen LogP contribution in [0.5, 0.6) is 11.6 Å². The van der Waals surface area contributed by atoms with E-state index in [0.717, 1.165) is 18.0 Å². The van der Waals surface area contributed by atoms with Gasteiger partial charge < -0.3 is 10.1 Å². The fraction of sp³-hybridized carbons (Fsp3) is 0.353. The van der Waals surface area contributed by atoms with Gasteiger partial charge in [-0.15, -0.1) is 0 Å². The van der Waals surface area contributed by atoms with Crippen LogP contribution in [0.25, 0.3) is 0 Å². The summed E-state index contributed by atoms with van der Waals surface area (Å²) in [5, 5.41) is 3.15. The van der Waals surface area contributed by atoms with Crippen LogP contribution in [-0.2, 0) is 6.54 Å². The molecule has 0 atom stereocenters. The second-order valence-corrected chi connectivity index (χ2v) is 5.28. The number of hydrogen-bond acceptors (Lipinski definition) is 3. The molecule has 0 bridgehead atoms. The van der Waals surface area contributed by atoms with E-state index in [2.05, 4.69) is 36.3 Å². The number of aryl methyl sites for hydroxylation is 1. The SMILES string of the molecule is CNCc1cc(C)nc(Oc2ccccc2C(C)C)c1. The van der Waals surface area contributed by atoms with E-state index in [-0.39, 0.29) is 0 Å². The molecule has 2 rings (SSSR count). The summed E-state index contributed by atoms with van der Waals surface area (Å²) in [6.45, 7) is 7.13. The molecule has 0 radical (unpaired) electrons. The first-order valence-corrected chi connectivity index (χ1v) is 6.99. The quantitative estimate of drug-likeness (QED) is 0.891. The molecule has 1 N–H and O–H groups in total. The molecule has 0 amide bonds. The van der Waals surface area contributed by atoms with Crippen LogP contribution in [0, 0.1) is 6.92 Å². The highest BCUT2D eigenvalue weighted by atomic mass is 16.5. The molecule has 0 unspecified atom stereocenters. The Morgan fingerprint density at radius 1 is 1.20 bits per heavy atom. The molecule has 2 aromatic rings. The van der Waals surface area contributed by atoms with Gasteiger partial charge in [-0.05, 0) is 43.1 Å². The molecule has 1 aromatic carbocycles. The predicted octanol–water partition coefficient (Wildman–Crippen LogP) is 4.03. The highest BCUT2D eigenvalue weighted by Gasteiger charge is 2.09. The number of nitrogens with zero attached hydrogens (tertiary/aromatic N) is 1. The van der Waals surface area contributed by atoms with Crippen LogP contribution >= 0.6 is 0 Å². The van der Waals surface area contributed by atoms with Crippen molar-refractivity contribution in [3.63, 3.8) is 0 Å². The zero-order chi connectivity index (χ0) is 14.5. The summed E-state index contributed by atoms with van der Waals surface area (Å²) in [6.07, 6.45) is 0. The van der Waals surface area contributed by atoms with Crippen molar-refractivity contribution in [2.45, 2.75) is 33.2 Å². The van der Waals surface area contributed by atoms with E-state index in [1.807, 2.05) is 38.2 Å². The fourth-order valence-corrected chi connectivity index (χ4v) is 2.23. The second-order valence-electron chi connectivity index (χ2n) is 5.28. The lowest BCUT2D eigenvalue weighted by molar-refractivity contribution is 0.452. The van der Waals surface area contributed by atoms with Gasteiger partial charge in [-0.2, -0.15) is 0 Å². The van der Waals surface area contributed by atoms with Crippen LogP contribution in [0.1, 0.15) is 36.6 Å². The minimum Gasteiger partial charge on any atom is -0.439 e. The molecule has 20 heavy (non-hydrogen) atoms. The average Bonchev–Trinajstić information content (AvgIpc) is 2.38. The Morgan fingerprint density at radius 2 is 1.95 bits per heavy atom. The van der Waals surface area contributed by atoms with Crippen molar-refractivity contribution in [3.05, 3.63) is 53.2 Å². The molecule has 0 aliphatic carbocycles. The lowest BCUT2D eigenvalue weighted by Gasteiger charge is -2.14. The smallest absolute Gasteiger partial charge is 0.219 e. The standard InChI is InChI=1S/C17H22N2O/c1-12(2)15-7-5-6-8-16(15)20-17-10-14(11-18-4)9-13(3)19-17/h5-10,12,18H,11H2,1-4H3. The molecule has 0 aliphatic rings. The van der Waals surface area contributed by atoms with E-state index in [9.17, 15) is 0 Å². The fourth-order valence-electron chi connectivity index (χ4n) is 2.23. The maximum atomic E-state index is 6.00. The molecule has 0 saturated carbocycles. The third kappa shape index (κ3) is 3.58. The normalized spacial score (nSPS) is 10.8. The second kappa shape index (κ2) is 6.53. The zero-order valence-corrected chi connectivity index (χ0v) is 12.6. The van der Waals surface area contributed by atoms with Crippen molar-refractivity contribution >= 4 is 0 Å². The van der Waals surface area contributed by atoms with Crippen LogP contribution in [-0.4, -0.2) is 12.0 Å². The van der Waals surface area contributed by atoms with E-state index < -0.39 is 0 Å². The molecule has 3 heteroatoms. The van der Waals surface area contributed by atoms with E-state index in [1.54, 1.807) is 0 Å². The van der Waals surface area contributed by atoms with Gasteiger partial charge >= 0.3 is 0 Å². The minimum absolute atomic E-state index is 0.424. The van der Waals surface area contributed by atoms with Crippen molar-refractivity contribution in [2.24, 2.45) is 0 Å². The Labute approximate surface area is 121 Å². The zero-order valence-electron chi connectivity index (χ0n) is 12.6. The van der Waals surface area contributed by atoms with Crippen LogP contribution in [0.15, 0.2) is 36.4 Å². The Bertz CT molecular complexity index is 579. The first kappa shape index (κ1) is 14.5. The maximum absolute atomic E-state index is 6.00. The number of nitrogens with one attached hydrogen (secondary N) is 1. The monoisotopic (exact) mass is 270 g/mol. The maximum Gasteiger partial charge on any atom is 0.219 e. The van der Waals surface area contributed by atoms with Crippen LogP contribution in [0.4, 0.5) is 0 Å². The minimum atomic E-state index is 0.424. The van der Waals surface area contributed by atoms with Gasteiger partial charge in [-0.3, -0.25) is 0 Å². The largest absolute Gasteiger partial charge is 0.439 e. The van der Waals surface area contributed by atoms with E-state index in [0.29, 0.717) is 11.8 Å². The molecule has 0 fully saturated rings. The summed E-state index contributed by atoms with van der Waals surface area (Å²) in [5.41, 5.74) is 3.35. The highest BCUT2D eigenvalue weighted by Crippen LogP contribution is 2.29. The average molecular weight is 270 g/mol. The summed E-state index contributed by atoms with van der Waals surface area (Å²) < 4.78 is 6.00. The number of benzene rings is 1. The van der Waals surface area contributed by atoms with Crippen molar-refractivity contribution in [1.82, 2.24) is 10.3 Å². The van der Waals surface area contributed by atoms with Crippen molar-refractivity contribution in [1.29, 1.82) is 0 Å². The summed E-state index contributed by atoms with van der Waals surface area (Å²) in [4.78, 5) is 4.46. The van der Waals surface area contributed by atoms with E-state index >= 15 is 0 Å². The van der Waals surface area contributed by atoms with Crippen LogP contribution < -0.4 is 10.1 Å². The van der Waals surface area contributed by atoms with Gasteiger partial charge in [0.1, 0.15) is 5.75 Å². The van der Waals surface area contributed by atoms with E-state index in [1.165, 1.54) is 11.1 Å². The number of ether oxygens (including phenoxy) is 1. The number of hydrogen-bond donors (Lipinski definition) is 1. The topological polar surface area (TPSA) is 34.2 Å². The first-order chi connectivity index (χ1) is 9.60. The number of para-hydroxylation sites is 1. The predicted molar refractivity (Wildman–Crippen MR) is 82.3 cm³/mol. The van der Waals surface area contributed by atoms with Crippen molar-refractivity contribution < 1.29 is 4.74 Å². The summed E-state index contributed by atoms with van der Waals surface area (Å²) >= 11 is 0. The molecule has 0 saturated heterocycles. The Kier molecular flexibility index (Phi) is 4.74. The van der Waals surface area contributed by atoms with Crippen molar-refractivity contribution in [3.8, 4) is 11.6 Å². The van der Waals surface area contributed by atoms with Gasteiger partial charge in [0.05, 0.1) is 0 Å². The third-order valence-corrected chi connectivity index (χ3v) is 3.13. The molecule has 3 nitrogen and oxygen atoms in total. The molecule has 106 valence electrons. The van der Waals surface area contributed by atoms with Crippen LogP contribution in [0.3, 0.4) is 0 Å². The lowest BCUT2D eigenvalue weighted by atomic mass is 10.0.